The molecule has 2 aliphatic rings. The minimum absolute atomic E-state index is 0.110. The predicted molar refractivity (Wildman–Crippen MR) is 104 cm³/mol. The lowest BCUT2D eigenvalue weighted by molar-refractivity contribution is 0.0944. The quantitative estimate of drug-likeness (QED) is 0.673. The lowest BCUT2D eigenvalue weighted by Crippen LogP contribution is -2.26. The fourth-order valence-electron chi connectivity index (χ4n) is 2.72. The summed E-state index contributed by atoms with van der Waals surface area (Å²) in [5.74, 6) is 1.86. The summed E-state index contributed by atoms with van der Waals surface area (Å²) in [6, 6.07) is 13.3. The third-order valence-corrected chi connectivity index (χ3v) is 4.84. The van der Waals surface area contributed by atoms with Crippen LogP contribution in [0.4, 0.5) is 0 Å². The van der Waals surface area contributed by atoms with Crippen molar-refractivity contribution in [1.82, 2.24) is 5.32 Å². The maximum atomic E-state index is 12.5. The number of benzene rings is 2. The van der Waals surface area contributed by atoms with Gasteiger partial charge in [0.2, 0.25) is 0 Å². The van der Waals surface area contributed by atoms with Crippen LogP contribution in [0, 0.1) is 0 Å². The van der Waals surface area contributed by atoms with E-state index in [2.05, 4.69) is 5.32 Å². The van der Waals surface area contributed by atoms with Crippen LogP contribution < -0.4 is 19.5 Å². The highest BCUT2D eigenvalue weighted by molar-refractivity contribution is 5.97. The van der Waals surface area contributed by atoms with Gasteiger partial charge in [-0.2, -0.15) is 0 Å². The monoisotopic (exact) mass is 383 g/mol. The first kappa shape index (κ1) is 18.6. The van der Waals surface area contributed by atoms with Crippen molar-refractivity contribution in [2.75, 3.05) is 20.3 Å². The molecule has 1 amide bonds. The van der Waals surface area contributed by atoms with Gasteiger partial charge >= 0.3 is 0 Å². The van der Waals surface area contributed by atoms with Crippen molar-refractivity contribution < 1.29 is 23.7 Å². The minimum Gasteiger partial charge on any atom is -0.497 e. The molecule has 6 heteroatoms. The molecule has 4 rings (SSSR count). The molecule has 0 spiro atoms. The molecule has 2 aromatic carbocycles. The number of epoxide rings is 1. The van der Waals surface area contributed by atoms with E-state index in [0.717, 1.165) is 24.2 Å². The van der Waals surface area contributed by atoms with Gasteiger partial charge in [0.1, 0.15) is 36.1 Å². The molecule has 2 fully saturated rings. The van der Waals surface area contributed by atoms with Crippen molar-refractivity contribution in [3.8, 4) is 17.2 Å². The number of carbonyl (C=O) groups excluding carboxylic acids is 1. The molecule has 0 radical (unpaired) electrons. The number of carbonyl (C=O) groups is 1. The van der Waals surface area contributed by atoms with Gasteiger partial charge in [-0.25, -0.2) is 0 Å². The van der Waals surface area contributed by atoms with Crippen LogP contribution in [0.15, 0.2) is 42.5 Å². The second-order valence-corrected chi connectivity index (χ2v) is 7.57. The molecular formula is C22H25NO5. The first-order valence-corrected chi connectivity index (χ1v) is 9.52. The van der Waals surface area contributed by atoms with Crippen LogP contribution in [-0.2, 0) is 11.3 Å². The molecule has 1 heterocycles. The van der Waals surface area contributed by atoms with Crippen molar-refractivity contribution in [3.05, 3.63) is 53.6 Å². The van der Waals surface area contributed by atoms with E-state index in [9.17, 15) is 4.79 Å². The fraction of sp³-hybridized carbons (Fsp3) is 0.409. The molecule has 148 valence electrons. The van der Waals surface area contributed by atoms with Gasteiger partial charge in [0, 0.05) is 12.1 Å². The zero-order valence-corrected chi connectivity index (χ0v) is 16.2. The Morgan fingerprint density at radius 2 is 1.86 bits per heavy atom. The molecule has 2 aromatic rings. The summed E-state index contributed by atoms with van der Waals surface area (Å²) in [6.45, 7) is 3.47. The van der Waals surface area contributed by atoms with Crippen LogP contribution >= 0.6 is 0 Å². The first-order chi connectivity index (χ1) is 13.5. The fourth-order valence-corrected chi connectivity index (χ4v) is 2.72. The summed E-state index contributed by atoms with van der Waals surface area (Å²) in [5.41, 5.74) is 1.29. The molecule has 0 aromatic heterocycles. The Morgan fingerprint density at radius 1 is 1.14 bits per heavy atom. The molecular weight excluding hydrogens is 358 g/mol. The molecule has 0 unspecified atom stereocenters. The van der Waals surface area contributed by atoms with Gasteiger partial charge < -0.3 is 24.3 Å². The summed E-state index contributed by atoms with van der Waals surface area (Å²) in [6.07, 6.45) is 2.08. The van der Waals surface area contributed by atoms with Gasteiger partial charge in [0.15, 0.2) is 0 Å². The van der Waals surface area contributed by atoms with Gasteiger partial charge in [-0.05, 0) is 49.6 Å². The Morgan fingerprint density at radius 3 is 2.50 bits per heavy atom. The average Bonchev–Trinajstić information content (AvgIpc) is 3.64. The van der Waals surface area contributed by atoms with E-state index in [4.69, 9.17) is 18.9 Å². The maximum Gasteiger partial charge on any atom is 0.255 e. The topological polar surface area (TPSA) is 69.3 Å². The lowest BCUT2D eigenvalue weighted by Gasteiger charge is -2.15. The number of rotatable bonds is 9. The SMILES string of the molecule is COc1ccc(COc2ccc(C(=O)NC3CC3)c(OC[C@]3(C)CO3)c2)cc1. The van der Waals surface area contributed by atoms with Crippen LogP contribution in [0.5, 0.6) is 17.2 Å². The van der Waals surface area contributed by atoms with E-state index < -0.39 is 0 Å². The minimum atomic E-state index is -0.260. The number of ether oxygens (including phenoxy) is 4. The third-order valence-electron chi connectivity index (χ3n) is 4.84. The predicted octanol–water partition coefficient (Wildman–Crippen LogP) is 3.33. The van der Waals surface area contributed by atoms with Gasteiger partial charge in [0.05, 0.1) is 19.3 Å². The Bertz CT molecular complexity index is 841. The zero-order chi connectivity index (χ0) is 19.6. The molecule has 28 heavy (non-hydrogen) atoms. The highest BCUT2D eigenvalue weighted by Gasteiger charge is 2.40. The number of nitrogens with one attached hydrogen (secondary N) is 1. The number of amides is 1. The van der Waals surface area contributed by atoms with Crippen LogP contribution in [0.2, 0.25) is 0 Å². The largest absolute Gasteiger partial charge is 0.497 e. The Hall–Kier alpha value is -2.73. The molecule has 0 bridgehead atoms. The number of hydrogen-bond acceptors (Lipinski definition) is 5. The van der Waals surface area contributed by atoms with Gasteiger partial charge in [-0.1, -0.05) is 12.1 Å². The van der Waals surface area contributed by atoms with Crippen molar-refractivity contribution >= 4 is 5.91 Å². The Kier molecular flexibility index (Phi) is 5.13. The van der Waals surface area contributed by atoms with E-state index in [-0.39, 0.29) is 17.6 Å². The van der Waals surface area contributed by atoms with E-state index in [0.29, 0.717) is 36.9 Å². The molecule has 1 atom stereocenters. The molecule has 1 aliphatic carbocycles. The smallest absolute Gasteiger partial charge is 0.255 e. The van der Waals surface area contributed by atoms with Crippen molar-refractivity contribution in [2.45, 2.75) is 38.0 Å². The van der Waals surface area contributed by atoms with E-state index in [1.54, 1.807) is 25.3 Å². The summed E-state index contributed by atoms with van der Waals surface area (Å²) in [4.78, 5) is 12.5. The lowest BCUT2D eigenvalue weighted by atomic mass is 10.1. The molecule has 1 saturated heterocycles. The standard InChI is InChI=1S/C22H25NO5/c1-22(14-28-22)13-27-20-11-18(9-10-19(20)21(24)23-16-5-6-16)26-12-15-3-7-17(25-2)8-4-15/h3-4,7-11,16H,5-6,12-14H2,1-2H3,(H,23,24)/t22-/m1/s1. The van der Waals surface area contributed by atoms with Crippen molar-refractivity contribution in [2.24, 2.45) is 0 Å². The molecule has 6 nitrogen and oxygen atoms in total. The van der Waals surface area contributed by atoms with E-state index >= 15 is 0 Å². The van der Waals surface area contributed by atoms with E-state index in [1.807, 2.05) is 31.2 Å². The second kappa shape index (κ2) is 7.72. The Labute approximate surface area is 164 Å². The van der Waals surface area contributed by atoms with Crippen molar-refractivity contribution in [1.29, 1.82) is 0 Å². The highest BCUT2D eigenvalue weighted by Crippen LogP contribution is 2.31. The second-order valence-electron chi connectivity index (χ2n) is 7.57. The van der Waals surface area contributed by atoms with E-state index in [1.165, 1.54) is 0 Å². The van der Waals surface area contributed by atoms with Crippen LogP contribution in [0.25, 0.3) is 0 Å². The number of methoxy groups -OCH3 is 1. The Balaban J connectivity index is 1.45. The summed E-state index contributed by atoms with van der Waals surface area (Å²) in [5, 5.41) is 3.01. The first-order valence-electron chi connectivity index (χ1n) is 9.52. The highest BCUT2D eigenvalue weighted by atomic mass is 16.6. The van der Waals surface area contributed by atoms with Gasteiger partial charge in [-0.15, -0.1) is 0 Å². The summed E-state index contributed by atoms with van der Waals surface area (Å²) < 4.78 is 22.4. The normalized spacial score (nSPS) is 20.4. The van der Waals surface area contributed by atoms with Crippen LogP contribution in [0.3, 0.4) is 0 Å². The van der Waals surface area contributed by atoms with Gasteiger partial charge in [-0.3, -0.25) is 4.79 Å². The van der Waals surface area contributed by atoms with Crippen LogP contribution in [0.1, 0.15) is 35.7 Å². The van der Waals surface area contributed by atoms with Crippen molar-refractivity contribution in [3.63, 3.8) is 0 Å². The molecule has 1 saturated carbocycles. The molecule has 1 N–H and O–H groups in total. The third kappa shape index (κ3) is 4.75. The zero-order valence-electron chi connectivity index (χ0n) is 16.2. The summed E-state index contributed by atoms with van der Waals surface area (Å²) >= 11 is 0. The summed E-state index contributed by atoms with van der Waals surface area (Å²) in [7, 11) is 1.64. The van der Waals surface area contributed by atoms with Gasteiger partial charge in [0.25, 0.3) is 5.91 Å². The number of hydrogen-bond donors (Lipinski definition) is 1. The molecule has 1 aliphatic heterocycles. The average molecular weight is 383 g/mol. The van der Waals surface area contributed by atoms with Crippen LogP contribution in [-0.4, -0.2) is 37.9 Å². The maximum absolute atomic E-state index is 12.5.